The number of aliphatic hydroxyl groups is 1. The maximum atomic E-state index is 11.7. The van der Waals surface area contributed by atoms with Crippen LogP contribution in [0.2, 0.25) is 0 Å². The number of hydrogen-bond acceptors (Lipinski definition) is 5. The van der Waals surface area contributed by atoms with Gasteiger partial charge in [-0.15, -0.1) is 0 Å². The molecule has 3 aromatic heterocycles. The van der Waals surface area contributed by atoms with Gasteiger partial charge in [0.1, 0.15) is 0 Å². The Balaban J connectivity index is 0.000000301. The maximum absolute atomic E-state index is 11.7. The van der Waals surface area contributed by atoms with Crippen LogP contribution in [0.15, 0.2) is 54.6 Å². The fourth-order valence-corrected chi connectivity index (χ4v) is 9.74. The van der Waals surface area contributed by atoms with E-state index in [1.165, 1.54) is 63.2 Å². The van der Waals surface area contributed by atoms with Crippen molar-refractivity contribution in [3.8, 4) is 11.3 Å². The molecule has 7 heteroatoms. The van der Waals surface area contributed by atoms with Gasteiger partial charge in [0.25, 0.3) is 0 Å². The van der Waals surface area contributed by atoms with Crippen molar-refractivity contribution in [2.75, 3.05) is 0 Å². The van der Waals surface area contributed by atoms with E-state index in [1.807, 2.05) is 27.7 Å². The van der Waals surface area contributed by atoms with Crippen LogP contribution in [0.25, 0.3) is 41.6 Å². The molecule has 0 aliphatic heterocycles. The van der Waals surface area contributed by atoms with Crippen LogP contribution in [-0.2, 0) is 30.3 Å². The van der Waals surface area contributed by atoms with Crippen molar-refractivity contribution in [1.82, 2.24) is 15.0 Å². The van der Waals surface area contributed by atoms with E-state index in [2.05, 4.69) is 70.2 Å². The van der Waals surface area contributed by atoms with Gasteiger partial charge in [-0.25, -0.2) is 0 Å². The van der Waals surface area contributed by atoms with Gasteiger partial charge in [-0.05, 0) is 25.7 Å². The average Bonchev–Trinajstić information content (AvgIpc) is 3.47. The Bertz CT molecular complexity index is 1940. The number of allylic oxidation sites excluding steroid dienone is 2. The molecule has 1 aliphatic carbocycles. The molecule has 5 nitrogen and oxygen atoms in total. The number of rotatable bonds is 9. The number of aromatic nitrogens is 3. The third-order valence-electron chi connectivity index (χ3n) is 10.3. The standard InChI is InChI=1S/C30H30N3Se.C13H24O2.Ir/c1-18-10-11-21-14-22(15-24(26(21)33-18)30(2,3)4)27-29-28(32-17-31-27)23-13-12-20(16-25(23)34-29)19-8-6-5-7-9-19;1-5-10(6-2)12(14)9-13(15)11(7-3)8-4;/h10-13,15-17,19H,5-9H2,1-4H3;9-11,14H,5-8H2,1-4H3;/q-1;;/b;12-9-;. The first-order valence-electron chi connectivity index (χ1n) is 18.4. The Kier molecular flexibility index (Phi) is 14.2. The summed E-state index contributed by atoms with van der Waals surface area (Å²) < 4.78 is 2.75. The van der Waals surface area contributed by atoms with Crippen molar-refractivity contribution in [1.29, 1.82) is 0 Å². The molecule has 0 unspecified atom stereocenters. The number of aryl methyl sites for hydroxylation is 1. The smallest absolute Gasteiger partial charge is 0 e. The predicted octanol–water partition coefficient (Wildman–Crippen LogP) is 11.4. The van der Waals surface area contributed by atoms with Crippen LogP contribution in [-0.4, -0.2) is 40.3 Å². The van der Waals surface area contributed by atoms with Crippen molar-refractivity contribution >= 4 is 50.6 Å². The Morgan fingerprint density at radius 1 is 0.940 bits per heavy atom. The number of aliphatic hydroxyl groups excluding tert-OH is 1. The van der Waals surface area contributed by atoms with Gasteiger partial charge in [0.2, 0.25) is 0 Å². The van der Waals surface area contributed by atoms with Gasteiger partial charge in [-0.2, -0.15) is 0 Å². The topological polar surface area (TPSA) is 76.0 Å². The zero-order valence-corrected chi connectivity index (χ0v) is 35.3. The van der Waals surface area contributed by atoms with Crippen molar-refractivity contribution in [2.24, 2.45) is 11.8 Å². The molecular formula is C43H54IrN3O2Se-. The normalized spacial score (nSPS) is 14.3. The van der Waals surface area contributed by atoms with Gasteiger partial charge in [0.05, 0.1) is 5.76 Å². The SMILES string of the molecule is CCC(CC)C(=O)/C=C(\O)C(CC)CC.Cc1ccc2[c-]c(-c3ncnc4c3[se]c3cc(C5CCCCC5)ccc34)cc(C(C)(C)C)c2n1.[Ir]. The fraction of sp³-hybridized carbons (Fsp3) is 0.488. The molecule has 1 N–H and O–H groups in total. The van der Waals surface area contributed by atoms with Crippen LogP contribution in [0.3, 0.4) is 0 Å². The van der Waals surface area contributed by atoms with Crippen LogP contribution in [0, 0.1) is 24.8 Å². The van der Waals surface area contributed by atoms with E-state index in [1.54, 1.807) is 6.33 Å². The summed E-state index contributed by atoms with van der Waals surface area (Å²) >= 11 is 0.197. The van der Waals surface area contributed by atoms with Gasteiger partial charge in [0, 0.05) is 38.0 Å². The molecule has 0 amide bonds. The molecule has 2 aromatic carbocycles. The van der Waals surface area contributed by atoms with Crippen molar-refractivity contribution in [2.45, 2.75) is 125 Å². The minimum Gasteiger partial charge on any atom is 0 e. The maximum Gasteiger partial charge on any atom is 0 e. The molecular weight excluding hydrogens is 862 g/mol. The van der Waals surface area contributed by atoms with Gasteiger partial charge < -0.3 is 5.11 Å². The summed E-state index contributed by atoms with van der Waals surface area (Å²) in [6.45, 7) is 16.9. The Morgan fingerprint density at radius 2 is 1.62 bits per heavy atom. The quantitative estimate of drug-likeness (QED) is 0.0690. The molecule has 1 fully saturated rings. The third kappa shape index (κ3) is 9.02. The zero-order chi connectivity index (χ0) is 35.3. The molecule has 6 rings (SSSR count). The number of pyridine rings is 1. The molecule has 0 bridgehead atoms. The number of fused-ring (bicyclic) bond motifs is 4. The Hall–Kier alpha value is -2.69. The van der Waals surface area contributed by atoms with Crippen LogP contribution in [0.4, 0.5) is 0 Å². The number of hydrogen-bond donors (Lipinski definition) is 1. The van der Waals surface area contributed by atoms with Crippen molar-refractivity contribution < 1.29 is 30.0 Å². The summed E-state index contributed by atoms with van der Waals surface area (Å²) in [7, 11) is 0. The summed E-state index contributed by atoms with van der Waals surface area (Å²) in [5.41, 5.74) is 8.04. The first-order valence-corrected chi connectivity index (χ1v) is 20.2. The molecule has 5 aromatic rings. The second-order valence-electron chi connectivity index (χ2n) is 14.8. The molecule has 269 valence electrons. The second-order valence-corrected chi connectivity index (χ2v) is 17.0. The van der Waals surface area contributed by atoms with E-state index < -0.39 is 0 Å². The largest absolute Gasteiger partial charge is 0 e. The zero-order valence-electron chi connectivity index (χ0n) is 31.2. The summed E-state index contributed by atoms with van der Waals surface area (Å²) in [6, 6.07) is 17.3. The van der Waals surface area contributed by atoms with Crippen molar-refractivity contribution in [3.05, 3.63) is 77.4 Å². The summed E-state index contributed by atoms with van der Waals surface area (Å²) in [5.74, 6) is 1.27. The van der Waals surface area contributed by atoms with Crippen molar-refractivity contribution in [3.63, 3.8) is 0 Å². The van der Waals surface area contributed by atoms with E-state index in [4.69, 9.17) is 15.0 Å². The van der Waals surface area contributed by atoms with E-state index >= 15 is 0 Å². The van der Waals surface area contributed by atoms with Gasteiger partial charge in [0.15, 0.2) is 5.78 Å². The monoisotopic (exact) mass is 917 g/mol. The molecule has 0 spiro atoms. The summed E-state index contributed by atoms with van der Waals surface area (Å²) in [6.07, 6.45) is 13.4. The summed E-state index contributed by atoms with van der Waals surface area (Å²) in [4.78, 5) is 26.2. The molecule has 50 heavy (non-hydrogen) atoms. The van der Waals surface area contributed by atoms with E-state index in [0.29, 0.717) is 0 Å². The summed E-state index contributed by atoms with van der Waals surface area (Å²) in [5, 5.41) is 12.1. The van der Waals surface area contributed by atoms with Crippen LogP contribution < -0.4 is 0 Å². The minimum atomic E-state index is -0.0257. The molecule has 1 saturated carbocycles. The molecule has 0 atom stereocenters. The average molecular weight is 916 g/mol. The van der Waals surface area contributed by atoms with Crippen LogP contribution >= 0.6 is 0 Å². The second kappa shape index (κ2) is 17.7. The van der Waals surface area contributed by atoms with E-state index in [0.717, 1.165) is 65.0 Å². The first kappa shape index (κ1) is 40.1. The first-order chi connectivity index (χ1) is 23.5. The molecule has 1 radical (unpaired) electrons. The molecule has 0 saturated heterocycles. The minimum absolute atomic E-state index is 0. The van der Waals surface area contributed by atoms with E-state index in [9.17, 15) is 9.90 Å². The fourth-order valence-electron chi connectivity index (χ4n) is 7.21. The van der Waals surface area contributed by atoms with Crippen LogP contribution in [0.1, 0.15) is 129 Å². The predicted molar refractivity (Wildman–Crippen MR) is 207 cm³/mol. The van der Waals surface area contributed by atoms with Gasteiger partial charge >= 0.3 is 208 Å². The number of carbonyl (C=O) groups excluding carboxylic acids is 1. The third-order valence-corrected chi connectivity index (χ3v) is 12.8. The number of benzene rings is 2. The Labute approximate surface area is 318 Å². The molecule has 1 aliphatic rings. The van der Waals surface area contributed by atoms with E-state index in [-0.39, 0.29) is 63.4 Å². The number of carbonyl (C=O) groups is 1. The van der Waals surface area contributed by atoms with Crippen LogP contribution in [0.5, 0.6) is 0 Å². The number of nitrogens with zero attached hydrogens (tertiary/aromatic N) is 3. The number of ketones is 1. The van der Waals surface area contributed by atoms with Gasteiger partial charge in [-0.3, -0.25) is 4.79 Å². The Morgan fingerprint density at radius 3 is 2.26 bits per heavy atom. The van der Waals surface area contributed by atoms with Gasteiger partial charge in [-0.1, -0.05) is 27.7 Å². The molecule has 3 heterocycles.